The van der Waals surface area contributed by atoms with Crippen LogP contribution in [0.25, 0.3) is 0 Å². The second kappa shape index (κ2) is 4.54. The van der Waals surface area contributed by atoms with Gasteiger partial charge in [-0.2, -0.15) is 0 Å². The Morgan fingerprint density at radius 1 is 1.57 bits per heavy atom. The highest BCUT2D eigenvalue weighted by Crippen LogP contribution is 2.21. The molecular formula is C10H8ClNO2. The summed E-state index contributed by atoms with van der Waals surface area (Å²) in [5, 5.41) is 0.429. The van der Waals surface area contributed by atoms with Crippen LogP contribution in [-0.4, -0.2) is 13.0 Å². The van der Waals surface area contributed by atoms with E-state index in [0.29, 0.717) is 16.3 Å². The van der Waals surface area contributed by atoms with Gasteiger partial charge in [0.1, 0.15) is 5.75 Å². The monoisotopic (exact) mass is 209 g/mol. The van der Waals surface area contributed by atoms with Crippen molar-refractivity contribution in [3.8, 4) is 17.6 Å². The zero-order valence-electron chi connectivity index (χ0n) is 7.50. The average molecular weight is 210 g/mol. The second-order valence-corrected chi connectivity index (χ2v) is 2.87. The molecule has 14 heavy (non-hydrogen) atoms. The molecule has 0 saturated carbocycles. The zero-order valence-corrected chi connectivity index (χ0v) is 8.26. The molecule has 0 spiro atoms. The van der Waals surface area contributed by atoms with Crippen molar-refractivity contribution in [1.82, 2.24) is 0 Å². The number of halogens is 1. The van der Waals surface area contributed by atoms with E-state index in [2.05, 4.69) is 11.8 Å². The Kier molecular flexibility index (Phi) is 3.38. The van der Waals surface area contributed by atoms with Crippen LogP contribution in [-0.2, 0) is 4.79 Å². The first-order valence-electron chi connectivity index (χ1n) is 3.78. The predicted octanol–water partition coefficient (Wildman–Crippen LogP) is 1.19. The van der Waals surface area contributed by atoms with Crippen molar-refractivity contribution in [3.05, 3.63) is 28.8 Å². The summed E-state index contributed by atoms with van der Waals surface area (Å²) in [6.07, 6.45) is 0. The number of carbonyl (C=O) groups is 1. The van der Waals surface area contributed by atoms with E-state index in [-0.39, 0.29) is 0 Å². The van der Waals surface area contributed by atoms with E-state index >= 15 is 0 Å². The minimum absolute atomic E-state index is 0.429. The van der Waals surface area contributed by atoms with Gasteiger partial charge in [0.2, 0.25) is 0 Å². The van der Waals surface area contributed by atoms with Crippen molar-refractivity contribution in [1.29, 1.82) is 0 Å². The molecule has 1 aromatic rings. The average Bonchev–Trinajstić information content (AvgIpc) is 2.15. The third-order valence-electron chi connectivity index (χ3n) is 1.50. The molecule has 0 unspecified atom stereocenters. The molecule has 1 rings (SSSR count). The molecule has 0 aromatic heterocycles. The number of nitrogens with two attached hydrogens (primary N) is 1. The summed E-state index contributed by atoms with van der Waals surface area (Å²) >= 11 is 5.86. The number of benzene rings is 1. The lowest BCUT2D eigenvalue weighted by atomic mass is 10.2. The molecule has 1 amide bonds. The third-order valence-corrected chi connectivity index (χ3v) is 1.81. The first-order chi connectivity index (χ1) is 6.63. The van der Waals surface area contributed by atoms with Gasteiger partial charge in [-0.15, -0.1) is 0 Å². The van der Waals surface area contributed by atoms with E-state index in [0.717, 1.165) is 0 Å². The van der Waals surface area contributed by atoms with Gasteiger partial charge in [0.15, 0.2) is 0 Å². The summed E-state index contributed by atoms with van der Waals surface area (Å²) in [5.74, 6) is 4.71. The Morgan fingerprint density at radius 3 is 2.79 bits per heavy atom. The smallest absolute Gasteiger partial charge is 0.293 e. The van der Waals surface area contributed by atoms with Crippen LogP contribution >= 0.6 is 11.6 Å². The number of carbonyl (C=O) groups excluding carboxylic acids is 1. The van der Waals surface area contributed by atoms with Gasteiger partial charge in [-0.25, -0.2) is 0 Å². The molecule has 72 valence electrons. The van der Waals surface area contributed by atoms with Gasteiger partial charge >= 0.3 is 0 Å². The number of primary amides is 1. The molecule has 0 aliphatic heterocycles. The Bertz CT molecular complexity index is 418. The molecule has 2 N–H and O–H groups in total. The van der Waals surface area contributed by atoms with Crippen LogP contribution in [0.3, 0.4) is 0 Å². The fourth-order valence-corrected chi connectivity index (χ4v) is 1.07. The van der Waals surface area contributed by atoms with Crippen LogP contribution in [0.15, 0.2) is 18.2 Å². The number of amides is 1. The molecule has 3 nitrogen and oxygen atoms in total. The fraction of sp³-hybridized carbons (Fsp3) is 0.100. The maximum Gasteiger partial charge on any atom is 0.293 e. The molecule has 0 fully saturated rings. The van der Waals surface area contributed by atoms with Crippen LogP contribution in [0.1, 0.15) is 5.56 Å². The number of ether oxygens (including phenoxy) is 1. The van der Waals surface area contributed by atoms with Crippen LogP contribution in [0.2, 0.25) is 5.02 Å². The maximum atomic E-state index is 10.4. The molecule has 0 radical (unpaired) electrons. The largest absolute Gasteiger partial charge is 0.497 e. The van der Waals surface area contributed by atoms with Gasteiger partial charge in [0.25, 0.3) is 5.91 Å². The topological polar surface area (TPSA) is 52.3 Å². The molecule has 0 atom stereocenters. The van der Waals surface area contributed by atoms with Gasteiger partial charge in [0, 0.05) is 11.5 Å². The molecule has 4 heteroatoms. The number of hydrogen-bond acceptors (Lipinski definition) is 2. The minimum atomic E-state index is -0.683. The van der Waals surface area contributed by atoms with Gasteiger partial charge < -0.3 is 10.5 Å². The van der Waals surface area contributed by atoms with Crippen molar-refractivity contribution in [2.45, 2.75) is 0 Å². The molecule has 0 aliphatic rings. The Hall–Kier alpha value is -1.66. The van der Waals surface area contributed by atoms with Crippen LogP contribution in [0.4, 0.5) is 0 Å². The maximum absolute atomic E-state index is 10.4. The highest BCUT2D eigenvalue weighted by atomic mass is 35.5. The van der Waals surface area contributed by atoms with Crippen molar-refractivity contribution in [3.63, 3.8) is 0 Å². The van der Waals surface area contributed by atoms with Crippen LogP contribution in [0, 0.1) is 11.8 Å². The summed E-state index contributed by atoms with van der Waals surface area (Å²) in [6.45, 7) is 0. The molecule has 1 aromatic carbocycles. The van der Waals surface area contributed by atoms with E-state index in [1.165, 1.54) is 0 Å². The van der Waals surface area contributed by atoms with Gasteiger partial charge in [-0.3, -0.25) is 4.79 Å². The number of rotatable bonds is 1. The molecule has 0 heterocycles. The summed E-state index contributed by atoms with van der Waals surface area (Å²) < 4.78 is 4.95. The predicted molar refractivity (Wildman–Crippen MR) is 54.1 cm³/mol. The van der Waals surface area contributed by atoms with Crippen molar-refractivity contribution in [2.24, 2.45) is 5.73 Å². The lowest BCUT2D eigenvalue weighted by molar-refractivity contribution is -0.112. The first kappa shape index (κ1) is 10.4. The van der Waals surface area contributed by atoms with E-state index < -0.39 is 5.91 Å². The van der Waals surface area contributed by atoms with E-state index in [1.807, 2.05) is 0 Å². The van der Waals surface area contributed by atoms with E-state index in [1.54, 1.807) is 25.3 Å². The Morgan fingerprint density at radius 2 is 2.29 bits per heavy atom. The Labute approximate surface area is 86.8 Å². The quantitative estimate of drug-likeness (QED) is 0.707. The highest BCUT2D eigenvalue weighted by Gasteiger charge is 1.98. The normalized spacial score (nSPS) is 8.71. The van der Waals surface area contributed by atoms with E-state index in [9.17, 15) is 4.79 Å². The number of methoxy groups -OCH3 is 1. The number of hydrogen-bond donors (Lipinski definition) is 1. The lowest BCUT2D eigenvalue weighted by Crippen LogP contribution is -2.06. The van der Waals surface area contributed by atoms with Crippen LogP contribution < -0.4 is 10.5 Å². The summed E-state index contributed by atoms with van der Waals surface area (Å²) in [6, 6.07) is 4.99. The first-order valence-corrected chi connectivity index (χ1v) is 4.16. The molecule has 0 bridgehead atoms. The Balaban J connectivity index is 3.02. The van der Waals surface area contributed by atoms with Crippen molar-refractivity contribution >= 4 is 17.5 Å². The molecule has 0 saturated heterocycles. The van der Waals surface area contributed by atoms with Gasteiger partial charge in [0.05, 0.1) is 12.1 Å². The van der Waals surface area contributed by atoms with Crippen molar-refractivity contribution < 1.29 is 9.53 Å². The highest BCUT2D eigenvalue weighted by molar-refractivity contribution is 6.31. The second-order valence-electron chi connectivity index (χ2n) is 2.46. The lowest BCUT2D eigenvalue weighted by Gasteiger charge is -2.00. The molecule has 0 aliphatic carbocycles. The standard InChI is InChI=1S/C10H8ClNO2/c1-14-8-4-2-7(9(11)6-8)3-5-10(12)13/h2,4,6H,1H3,(H2,12,13). The summed E-state index contributed by atoms with van der Waals surface area (Å²) in [4.78, 5) is 10.4. The summed E-state index contributed by atoms with van der Waals surface area (Å²) in [7, 11) is 1.54. The molecular weight excluding hydrogens is 202 g/mol. The zero-order chi connectivity index (χ0) is 10.6. The van der Waals surface area contributed by atoms with Gasteiger partial charge in [-0.05, 0) is 18.2 Å². The fourth-order valence-electron chi connectivity index (χ4n) is 0.853. The van der Waals surface area contributed by atoms with E-state index in [4.69, 9.17) is 22.1 Å². The summed E-state index contributed by atoms with van der Waals surface area (Å²) in [5.41, 5.74) is 5.41. The SMILES string of the molecule is COc1ccc(C#CC(N)=O)c(Cl)c1. The van der Waals surface area contributed by atoms with Crippen molar-refractivity contribution in [2.75, 3.05) is 7.11 Å². The third kappa shape index (κ3) is 2.68. The van der Waals surface area contributed by atoms with Gasteiger partial charge in [-0.1, -0.05) is 17.5 Å². The minimum Gasteiger partial charge on any atom is -0.497 e. The van der Waals surface area contributed by atoms with Crippen LogP contribution in [0.5, 0.6) is 5.75 Å².